The van der Waals surface area contributed by atoms with Gasteiger partial charge in [0.05, 0.1) is 18.4 Å². The van der Waals surface area contributed by atoms with Crippen molar-refractivity contribution in [1.29, 1.82) is 0 Å². The largest absolute Gasteiger partial charge is 0.515 e. The topological polar surface area (TPSA) is 46.5 Å². The summed E-state index contributed by atoms with van der Waals surface area (Å²) in [7, 11) is 0. The van der Waals surface area contributed by atoms with Crippen LogP contribution in [0.2, 0.25) is 0 Å². The molecule has 0 aromatic carbocycles. The van der Waals surface area contributed by atoms with Crippen molar-refractivity contribution in [3.8, 4) is 0 Å². The van der Waals surface area contributed by atoms with E-state index >= 15 is 0 Å². The first-order valence-electron chi connectivity index (χ1n) is 3.69. The molecule has 64 valence electrons. The Morgan fingerprint density at radius 2 is 2.42 bits per heavy atom. The van der Waals surface area contributed by atoms with Crippen molar-refractivity contribution in [2.45, 2.75) is 6.92 Å². The summed E-state index contributed by atoms with van der Waals surface area (Å²) in [5, 5.41) is 8.59. The van der Waals surface area contributed by atoms with Gasteiger partial charge in [-0.2, -0.15) is 0 Å². The SMILES string of the molecule is CCOC(=O)C1=CC(=CO)C=C1. The Balaban J connectivity index is 2.68. The van der Waals surface area contributed by atoms with Gasteiger partial charge in [-0.05, 0) is 19.1 Å². The number of ether oxygens (including phenoxy) is 1. The van der Waals surface area contributed by atoms with Crippen molar-refractivity contribution in [3.63, 3.8) is 0 Å². The molecule has 0 amide bonds. The average molecular weight is 166 g/mol. The normalized spacial score (nSPS) is 18.1. The van der Waals surface area contributed by atoms with Gasteiger partial charge in [0.1, 0.15) is 0 Å². The highest BCUT2D eigenvalue weighted by Crippen LogP contribution is 2.15. The van der Waals surface area contributed by atoms with Crippen LogP contribution in [0.5, 0.6) is 0 Å². The van der Waals surface area contributed by atoms with Crippen molar-refractivity contribution in [2.24, 2.45) is 0 Å². The molecule has 0 spiro atoms. The van der Waals surface area contributed by atoms with Gasteiger partial charge >= 0.3 is 5.97 Å². The quantitative estimate of drug-likeness (QED) is 0.499. The fraction of sp³-hybridized carbons (Fsp3) is 0.222. The summed E-state index contributed by atoms with van der Waals surface area (Å²) < 4.78 is 4.75. The van der Waals surface area contributed by atoms with Gasteiger partial charge in [-0.1, -0.05) is 6.08 Å². The summed E-state index contributed by atoms with van der Waals surface area (Å²) in [5.41, 5.74) is 1.08. The third-order valence-corrected chi connectivity index (χ3v) is 1.44. The van der Waals surface area contributed by atoms with E-state index in [1.165, 1.54) is 0 Å². The highest BCUT2D eigenvalue weighted by atomic mass is 16.5. The lowest BCUT2D eigenvalue weighted by Gasteiger charge is -1.98. The van der Waals surface area contributed by atoms with Crippen LogP contribution in [0.25, 0.3) is 0 Å². The Labute approximate surface area is 70.7 Å². The van der Waals surface area contributed by atoms with Crippen LogP contribution in [-0.4, -0.2) is 17.7 Å². The van der Waals surface area contributed by atoms with Gasteiger partial charge in [-0.3, -0.25) is 0 Å². The summed E-state index contributed by atoms with van der Waals surface area (Å²) in [5.74, 6) is -0.356. The molecule has 0 aliphatic heterocycles. The number of hydrogen-bond acceptors (Lipinski definition) is 3. The van der Waals surface area contributed by atoms with Crippen molar-refractivity contribution >= 4 is 5.97 Å². The number of carbonyl (C=O) groups excluding carboxylic acids is 1. The molecule has 0 atom stereocenters. The fourth-order valence-electron chi connectivity index (χ4n) is 0.883. The second-order valence-electron chi connectivity index (χ2n) is 2.28. The minimum Gasteiger partial charge on any atom is -0.515 e. The molecule has 0 aromatic rings. The predicted molar refractivity (Wildman–Crippen MR) is 44.6 cm³/mol. The van der Waals surface area contributed by atoms with Crippen LogP contribution in [0.1, 0.15) is 6.92 Å². The van der Waals surface area contributed by atoms with Gasteiger partial charge in [0.2, 0.25) is 0 Å². The standard InChI is InChI=1S/C9H10O3/c1-2-12-9(11)8-4-3-7(5-8)6-10/h3-6,10H,2H2,1H3. The molecule has 0 radical (unpaired) electrons. The van der Waals surface area contributed by atoms with Gasteiger partial charge in [-0.25, -0.2) is 4.79 Å². The number of hydrogen-bond donors (Lipinski definition) is 1. The number of allylic oxidation sites excluding steroid dienone is 3. The molecule has 3 nitrogen and oxygen atoms in total. The second kappa shape index (κ2) is 3.76. The molecule has 1 aliphatic carbocycles. The van der Waals surface area contributed by atoms with Crippen LogP contribution >= 0.6 is 0 Å². The van der Waals surface area contributed by atoms with Gasteiger partial charge in [0, 0.05) is 5.57 Å². The minimum absolute atomic E-state index is 0.356. The van der Waals surface area contributed by atoms with Gasteiger partial charge in [0.15, 0.2) is 0 Å². The molecule has 0 saturated carbocycles. The van der Waals surface area contributed by atoms with Crippen LogP contribution in [0.4, 0.5) is 0 Å². The first-order valence-corrected chi connectivity index (χ1v) is 3.69. The average Bonchev–Trinajstić information content (AvgIpc) is 2.52. The van der Waals surface area contributed by atoms with E-state index in [-0.39, 0.29) is 5.97 Å². The fourth-order valence-corrected chi connectivity index (χ4v) is 0.883. The summed E-state index contributed by atoms with van der Waals surface area (Å²) >= 11 is 0. The lowest BCUT2D eigenvalue weighted by atomic mass is 10.3. The Morgan fingerprint density at radius 1 is 1.67 bits per heavy atom. The second-order valence-corrected chi connectivity index (χ2v) is 2.28. The molecule has 0 fully saturated rings. The molecule has 0 heterocycles. The van der Waals surface area contributed by atoms with Gasteiger partial charge < -0.3 is 9.84 Å². The van der Waals surface area contributed by atoms with E-state index < -0.39 is 0 Å². The maximum absolute atomic E-state index is 11.1. The maximum Gasteiger partial charge on any atom is 0.338 e. The summed E-state index contributed by atoms with van der Waals surface area (Å²) in [4.78, 5) is 11.1. The van der Waals surface area contributed by atoms with E-state index in [9.17, 15) is 4.79 Å². The number of aliphatic hydroxyl groups is 1. The Kier molecular flexibility index (Phi) is 2.69. The predicted octanol–water partition coefficient (Wildman–Crippen LogP) is 1.49. The zero-order valence-corrected chi connectivity index (χ0v) is 6.78. The summed E-state index contributed by atoms with van der Waals surface area (Å²) in [6, 6.07) is 0. The van der Waals surface area contributed by atoms with Crippen LogP contribution in [0.3, 0.4) is 0 Å². The Morgan fingerprint density at radius 3 is 2.92 bits per heavy atom. The highest BCUT2D eigenvalue weighted by molar-refractivity contribution is 5.93. The summed E-state index contributed by atoms with van der Waals surface area (Å²) in [6.07, 6.45) is 5.77. The molecule has 3 heteroatoms. The molecule has 1 aliphatic rings. The molecular formula is C9H10O3. The number of aliphatic hydroxyl groups excluding tert-OH is 1. The molecule has 1 N–H and O–H groups in total. The first kappa shape index (κ1) is 8.59. The van der Waals surface area contributed by atoms with Gasteiger partial charge in [0.25, 0.3) is 0 Å². The molecule has 0 saturated heterocycles. The van der Waals surface area contributed by atoms with Crippen LogP contribution in [-0.2, 0) is 9.53 Å². The Bertz CT molecular complexity index is 271. The van der Waals surface area contributed by atoms with Crippen LogP contribution < -0.4 is 0 Å². The van der Waals surface area contributed by atoms with E-state index in [1.54, 1.807) is 25.2 Å². The summed E-state index contributed by atoms with van der Waals surface area (Å²) in [6.45, 7) is 2.11. The van der Waals surface area contributed by atoms with Crippen LogP contribution in [0, 0.1) is 0 Å². The zero-order valence-electron chi connectivity index (χ0n) is 6.78. The minimum atomic E-state index is -0.356. The maximum atomic E-state index is 11.1. The van der Waals surface area contributed by atoms with E-state index in [0.29, 0.717) is 17.8 Å². The number of rotatable bonds is 2. The van der Waals surface area contributed by atoms with Crippen molar-refractivity contribution in [3.05, 3.63) is 35.6 Å². The zero-order chi connectivity index (χ0) is 8.97. The van der Waals surface area contributed by atoms with E-state index in [4.69, 9.17) is 9.84 Å². The van der Waals surface area contributed by atoms with E-state index in [2.05, 4.69) is 0 Å². The molecular weight excluding hydrogens is 156 g/mol. The lowest BCUT2D eigenvalue weighted by molar-refractivity contribution is -0.138. The molecule has 1 rings (SSSR count). The number of carbonyl (C=O) groups is 1. The lowest BCUT2D eigenvalue weighted by Crippen LogP contribution is -2.04. The highest BCUT2D eigenvalue weighted by Gasteiger charge is 2.11. The molecule has 0 unspecified atom stereocenters. The molecule has 0 aromatic heterocycles. The van der Waals surface area contributed by atoms with E-state index in [1.807, 2.05) is 0 Å². The van der Waals surface area contributed by atoms with Crippen molar-refractivity contribution in [2.75, 3.05) is 6.61 Å². The van der Waals surface area contributed by atoms with Crippen LogP contribution in [0.15, 0.2) is 35.6 Å². The van der Waals surface area contributed by atoms with Crippen molar-refractivity contribution < 1.29 is 14.6 Å². The number of esters is 1. The van der Waals surface area contributed by atoms with Gasteiger partial charge in [-0.15, -0.1) is 0 Å². The Hall–Kier alpha value is -1.51. The van der Waals surface area contributed by atoms with Crippen molar-refractivity contribution in [1.82, 2.24) is 0 Å². The molecule has 12 heavy (non-hydrogen) atoms. The monoisotopic (exact) mass is 166 g/mol. The third kappa shape index (κ3) is 1.75. The van der Waals surface area contributed by atoms with E-state index in [0.717, 1.165) is 6.26 Å². The first-order chi connectivity index (χ1) is 5.77. The molecule has 0 bridgehead atoms. The smallest absolute Gasteiger partial charge is 0.338 e. The third-order valence-electron chi connectivity index (χ3n) is 1.44.